The first kappa shape index (κ1) is 16.2. The smallest absolute Gasteiger partial charge is 0.251 e. The van der Waals surface area contributed by atoms with Gasteiger partial charge in [-0.2, -0.15) is 0 Å². The molecule has 0 saturated heterocycles. The molecule has 0 saturated carbocycles. The van der Waals surface area contributed by atoms with Crippen LogP contribution in [-0.4, -0.2) is 18.4 Å². The molecule has 2 N–H and O–H groups in total. The minimum Gasteiger partial charge on any atom is -0.348 e. The Morgan fingerprint density at radius 1 is 1.12 bits per heavy atom. The van der Waals surface area contributed by atoms with Crippen molar-refractivity contribution in [2.24, 2.45) is 0 Å². The van der Waals surface area contributed by atoms with Gasteiger partial charge in [0.15, 0.2) is 0 Å². The average molecular weight is 322 g/mol. The first-order valence-electron chi connectivity index (χ1n) is 8.35. The summed E-state index contributed by atoms with van der Waals surface area (Å²) in [4.78, 5) is 24.3. The highest BCUT2D eigenvalue weighted by molar-refractivity contribution is 5.96. The Labute approximate surface area is 142 Å². The molecular weight excluding hydrogens is 300 g/mol. The Morgan fingerprint density at radius 3 is 2.79 bits per heavy atom. The number of benzene rings is 2. The summed E-state index contributed by atoms with van der Waals surface area (Å²) in [6, 6.07) is 15.6. The van der Waals surface area contributed by atoms with E-state index < -0.39 is 0 Å². The first-order valence-corrected chi connectivity index (χ1v) is 8.35. The Kier molecular flexibility index (Phi) is 4.94. The molecule has 1 aliphatic rings. The molecule has 2 amide bonds. The van der Waals surface area contributed by atoms with E-state index in [1.165, 1.54) is 11.1 Å². The summed E-state index contributed by atoms with van der Waals surface area (Å²) in [5.41, 5.74) is 4.09. The van der Waals surface area contributed by atoms with Crippen LogP contribution in [0.4, 0.5) is 0 Å². The summed E-state index contributed by atoms with van der Waals surface area (Å²) in [7, 11) is 0. The molecule has 124 valence electrons. The fourth-order valence-electron chi connectivity index (χ4n) is 3.20. The molecule has 4 heteroatoms. The maximum atomic E-state index is 12.2. The second kappa shape index (κ2) is 7.30. The van der Waals surface area contributed by atoms with Gasteiger partial charge >= 0.3 is 0 Å². The first-order chi connectivity index (χ1) is 11.6. The Hall–Kier alpha value is -2.62. The fourth-order valence-corrected chi connectivity index (χ4v) is 3.20. The van der Waals surface area contributed by atoms with Crippen LogP contribution in [0.15, 0.2) is 48.5 Å². The highest BCUT2D eigenvalue weighted by atomic mass is 16.2. The lowest BCUT2D eigenvalue weighted by molar-refractivity contribution is -0.121. The van der Waals surface area contributed by atoms with Crippen LogP contribution in [0.25, 0.3) is 0 Å². The molecule has 1 unspecified atom stereocenters. The van der Waals surface area contributed by atoms with Crippen molar-refractivity contribution in [2.45, 2.75) is 32.2 Å². The summed E-state index contributed by atoms with van der Waals surface area (Å²) in [5, 5.41) is 5.73. The zero-order chi connectivity index (χ0) is 16.9. The van der Waals surface area contributed by atoms with E-state index in [1.807, 2.05) is 37.3 Å². The number of fused-ring (bicyclic) bond motifs is 1. The molecule has 24 heavy (non-hydrogen) atoms. The normalized spacial score (nSPS) is 16.1. The maximum absolute atomic E-state index is 12.2. The van der Waals surface area contributed by atoms with Crippen molar-refractivity contribution in [2.75, 3.05) is 6.54 Å². The average Bonchev–Trinajstić information content (AvgIpc) is 2.60. The topological polar surface area (TPSA) is 58.2 Å². The SMILES string of the molecule is Cc1cccc(C(=O)NCC(=O)NC2CCCc3ccccc32)c1. The lowest BCUT2D eigenvalue weighted by Crippen LogP contribution is -2.39. The number of aryl methyl sites for hydroxylation is 2. The number of amides is 2. The quantitative estimate of drug-likeness (QED) is 0.909. The molecule has 0 aliphatic heterocycles. The van der Waals surface area contributed by atoms with Crippen LogP contribution in [0.2, 0.25) is 0 Å². The van der Waals surface area contributed by atoms with Gasteiger partial charge in [-0.25, -0.2) is 0 Å². The van der Waals surface area contributed by atoms with E-state index in [0.717, 1.165) is 24.8 Å². The van der Waals surface area contributed by atoms with Gasteiger partial charge in [0.25, 0.3) is 5.91 Å². The molecule has 2 aromatic rings. The van der Waals surface area contributed by atoms with Crippen molar-refractivity contribution in [1.82, 2.24) is 10.6 Å². The van der Waals surface area contributed by atoms with Crippen molar-refractivity contribution < 1.29 is 9.59 Å². The van der Waals surface area contributed by atoms with Gasteiger partial charge in [-0.05, 0) is 49.4 Å². The summed E-state index contributed by atoms with van der Waals surface area (Å²) in [5.74, 6) is -0.379. The van der Waals surface area contributed by atoms with Gasteiger partial charge in [-0.1, -0.05) is 42.0 Å². The van der Waals surface area contributed by atoms with Gasteiger partial charge in [0.05, 0.1) is 12.6 Å². The fraction of sp³-hybridized carbons (Fsp3) is 0.300. The second-order valence-electron chi connectivity index (χ2n) is 6.26. The monoisotopic (exact) mass is 322 g/mol. The van der Waals surface area contributed by atoms with Crippen molar-refractivity contribution in [3.63, 3.8) is 0 Å². The molecule has 0 bridgehead atoms. The van der Waals surface area contributed by atoms with Crippen LogP contribution < -0.4 is 10.6 Å². The number of carbonyl (C=O) groups is 2. The third-order valence-electron chi connectivity index (χ3n) is 4.39. The molecule has 3 rings (SSSR count). The molecular formula is C20H22N2O2. The Balaban J connectivity index is 1.56. The molecule has 0 aromatic heterocycles. The van der Waals surface area contributed by atoms with Crippen molar-refractivity contribution in [3.8, 4) is 0 Å². The number of rotatable bonds is 4. The number of hydrogen-bond acceptors (Lipinski definition) is 2. The molecule has 1 atom stereocenters. The Bertz CT molecular complexity index is 755. The molecule has 4 nitrogen and oxygen atoms in total. The minimum atomic E-state index is -0.224. The standard InChI is InChI=1S/C20H22N2O2/c1-14-6-4-9-16(12-14)20(24)21-13-19(23)22-18-11-5-8-15-7-2-3-10-17(15)18/h2-4,6-7,9-10,12,18H,5,8,11,13H2,1H3,(H,21,24)(H,22,23). The summed E-state index contributed by atoms with van der Waals surface area (Å²) in [6.07, 6.45) is 3.07. The predicted octanol–water partition coefficient (Wildman–Crippen LogP) is 2.92. The second-order valence-corrected chi connectivity index (χ2v) is 6.26. The van der Waals surface area contributed by atoms with Crippen molar-refractivity contribution >= 4 is 11.8 Å². The zero-order valence-corrected chi connectivity index (χ0v) is 13.8. The van der Waals surface area contributed by atoms with Gasteiger partial charge in [0, 0.05) is 5.56 Å². The number of nitrogens with one attached hydrogen (secondary N) is 2. The minimum absolute atomic E-state index is 0.00849. The zero-order valence-electron chi connectivity index (χ0n) is 13.8. The van der Waals surface area contributed by atoms with Gasteiger partial charge < -0.3 is 10.6 Å². The van der Waals surface area contributed by atoms with Crippen LogP contribution in [0, 0.1) is 6.92 Å². The third kappa shape index (κ3) is 3.82. The van der Waals surface area contributed by atoms with Crippen molar-refractivity contribution in [3.05, 3.63) is 70.8 Å². The Morgan fingerprint density at radius 2 is 1.96 bits per heavy atom. The molecule has 1 aliphatic carbocycles. The van der Waals surface area contributed by atoms with Crippen LogP contribution in [-0.2, 0) is 11.2 Å². The lowest BCUT2D eigenvalue weighted by atomic mass is 9.88. The molecule has 2 aromatic carbocycles. The van der Waals surface area contributed by atoms with E-state index in [0.29, 0.717) is 5.56 Å². The molecule has 0 fully saturated rings. The highest BCUT2D eigenvalue weighted by Gasteiger charge is 2.21. The maximum Gasteiger partial charge on any atom is 0.251 e. The van der Waals surface area contributed by atoms with Crippen LogP contribution >= 0.6 is 0 Å². The largest absolute Gasteiger partial charge is 0.348 e. The number of hydrogen-bond donors (Lipinski definition) is 2. The van der Waals surface area contributed by atoms with E-state index >= 15 is 0 Å². The van der Waals surface area contributed by atoms with Crippen LogP contribution in [0.1, 0.15) is 45.9 Å². The van der Waals surface area contributed by atoms with Gasteiger partial charge in [0.2, 0.25) is 5.91 Å². The summed E-state index contributed by atoms with van der Waals surface area (Å²) < 4.78 is 0. The summed E-state index contributed by atoms with van der Waals surface area (Å²) in [6.45, 7) is 1.93. The van der Waals surface area contributed by atoms with E-state index in [-0.39, 0.29) is 24.4 Å². The van der Waals surface area contributed by atoms with Gasteiger partial charge in [-0.15, -0.1) is 0 Å². The van der Waals surface area contributed by atoms with Crippen LogP contribution in [0.5, 0.6) is 0 Å². The lowest BCUT2D eigenvalue weighted by Gasteiger charge is -2.26. The van der Waals surface area contributed by atoms with Gasteiger partial charge in [-0.3, -0.25) is 9.59 Å². The van der Waals surface area contributed by atoms with Crippen molar-refractivity contribution in [1.29, 1.82) is 0 Å². The van der Waals surface area contributed by atoms with E-state index in [2.05, 4.69) is 22.8 Å². The predicted molar refractivity (Wildman–Crippen MR) is 93.8 cm³/mol. The highest BCUT2D eigenvalue weighted by Crippen LogP contribution is 2.29. The van der Waals surface area contributed by atoms with E-state index in [9.17, 15) is 9.59 Å². The number of carbonyl (C=O) groups excluding carboxylic acids is 2. The van der Waals surface area contributed by atoms with E-state index in [4.69, 9.17) is 0 Å². The molecule has 0 spiro atoms. The molecule has 0 heterocycles. The third-order valence-corrected chi connectivity index (χ3v) is 4.39. The summed E-state index contributed by atoms with van der Waals surface area (Å²) >= 11 is 0. The van der Waals surface area contributed by atoms with Crippen LogP contribution in [0.3, 0.4) is 0 Å². The molecule has 0 radical (unpaired) electrons. The van der Waals surface area contributed by atoms with Gasteiger partial charge in [0.1, 0.15) is 0 Å². The van der Waals surface area contributed by atoms with E-state index in [1.54, 1.807) is 6.07 Å².